The number of carboxylic acids is 1. The van der Waals surface area contributed by atoms with Crippen LogP contribution < -0.4 is 21.3 Å². The monoisotopic (exact) mass is 601 g/mol. The number of phenols is 1. The highest BCUT2D eigenvalue weighted by atomic mass is 16.4. The van der Waals surface area contributed by atoms with Crippen LogP contribution in [0, 0.1) is 0 Å². The van der Waals surface area contributed by atoms with Crippen molar-refractivity contribution in [1.29, 1.82) is 0 Å². The average Bonchev–Trinajstić information content (AvgIpc) is 3.80. The number of aromatic hydroxyl groups is 1. The molecule has 3 heterocycles. The minimum atomic E-state index is -1.30. The Morgan fingerprint density at radius 3 is 2.30 bits per heavy atom. The smallest absolute Gasteiger partial charge is 0.326 e. The van der Waals surface area contributed by atoms with Gasteiger partial charge in [-0.2, -0.15) is 0 Å². The third-order valence-electron chi connectivity index (χ3n) is 7.71. The van der Waals surface area contributed by atoms with Gasteiger partial charge in [0, 0.05) is 48.3 Å². The van der Waals surface area contributed by atoms with Gasteiger partial charge in [-0.05, 0) is 48.7 Å². The van der Waals surface area contributed by atoms with Crippen molar-refractivity contribution < 1.29 is 29.4 Å². The lowest BCUT2D eigenvalue weighted by molar-refractivity contribution is -0.142. The van der Waals surface area contributed by atoms with Crippen molar-refractivity contribution in [2.24, 2.45) is 0 Å². The fourth-order valence-corrected chi connectivity index (χ4v) is 5.35. The molecular formula is C31H35N7O6. The standard InChI is InChI=1S/C31H35N7O6/c39-21-9-7-18(8-10-21)12-27(31(43)44)38-30(42)26(14-20-16-32-17-35-20)37-29(41)25(36-28(40)24-6-3-11-33-24)13-19-15-34-23-5-2-1-4-22(19)23/h1-2,4-5,7-10,15-17,24-27,33-34,39H,3,6,11-14H2,(H,32,35)(H,36,40)(H,37,41)(H,38,42)(H,43,44). The lowest BCUT2D eigenvalue weighted by Crippen LogP contribution is -2.58. The van der Waals surface area contributed by atoms with E-state index in [9.17, 15) is 29.4 Å². The van der Waals surface area contributed by atoms with Gasteiger partial charge in [-0.25, -0.2) is 9.78 Å². The van der Waals surface area contributed by atoms with Gasteiger partial charge in [-0.1, -0.05) is 30.3 Å². The Morgan fingerprint density at radius 1 is 0.886 bits per heavy atom. The first-order valence-corrected chi connectivity index (χ1v) is 14.4. The molecule has 13 nitrogen and oxygen atoms in total. The number of rotatable bonds is 13. The average molecular weight is 602 g/mol. The first-order valence-electron chi connectivity index (χ1n) is 14.4. The summed E-state index contributed by atoms with van der Waals surface area (Å²) in [5.41, 5.74) is 2.83. The van der Waals surface area contributed by atoms with Crippen LogP contribution in [-0.4, -0.2) is 79.6 Å². The van der Waals surface area contributed by atoms with E-state index in [2.05, 4.69) is 36.2 Å². The zero-order valence-corrected chi connectivity index (χ0v) is 23.9. The maximum Gasteiger partial charge on any atom is 0.326 e. The van der Waals surface area contributed by atoms with E-state index >= 15 is 0 Å². The molecule has 0 spiro atoms. The molecular weight excluding hydrogens is 566 g/mol. The maximum absolute atomic E-state index is 13.8. The number of aromatic nitrogens is 3. The highest BCUT2D eigenvalue weighted by Crippen LogP contribution is 2.20. The van der Waals surface area contributed by atoms with Gasteiger partial charge in [0.1, 0.15) is 23.9 Å². The molecule has 1 fully saturated rings. The van der Waals surface area contributed by atoms with Crippen molar-refractivity contribution >= 4 is 34.6 Å². The molecule has 0 saturated carbocycles. The number of carbonyl (C=O) groups is 4. The SMILES string of the molecule is O=C(O)C(Cc1ccc(O)cc1)NC(=O)C(Cc1cnc[nH]1)NC(=O)C(Cc1c[nH]c2ccccc12)NC(=O)C1CCCN1. The van der Waals surface area contributed by atoms with Gasteiger partial charge >= 0.3 is 5.97 Å². The van der Waals surface area contributed by atoms with Gasteiger partial charge in [0.15, 0.2) is 0 Å². The second-order valence-corrected chi connectivity index (χ2v) is 10.9. The number of hydrogen-bond donors (Lipinski definition) is 8. The van der Waals surface area contributed by atoms with E-state index in [-0.39, 0.29) is 30.9 Å². The molecule has 1 aliphatic heterocycles. The van der Waals surface area contributed by atoms with Crippen LogP contribution in [0.1, 0.15) is 29.7 Å². The van der Waals surface area contributed by atoms with Crippen molar-refractivity contribution in [3.8, 4) is 5.75 Å². The Morgan fingerprint density at radius 2 is 1.61 bits per heavy atom. The first kappa shape index (κ1) is 30.3. The number of aliphatic carboxylic acids is 1. The highest BCUT2D eigenvalue weighted by molar-refractivity contribution is 5.95. The van der Waals surface area contributed by atoms with Crippen LogP contribution in [0.25, 0.3) is 10.9 Å². The number of nitrogens with one attached hydrogen (secondary N) is 6. The Kier molecular flexibility index (Phi) is 9.55. The van der Waals surface area contributed by atoms with Crippen molar-refractivity contribution in [1.82, 2.24) is 36.2 Å². The predicted molar refractivity (Wildman–Crippen MR) is 161 cm³/mol. The Hall–Kier alpha value is -5.17. The summed E-state index contributed by atoms with van der Waals surface area (Å²) in [6.07, 6.45) is 6.35. The zero-order valence-electron chi connectivity index (χ0n) is 23.9. The van der Waals surface area contributed by atoms with Gasteiger partial charge in [0.2, 0.25) is 17.7 Å². The van der Waals surface area contributed by atoms with Gasteiger partial charge in [-0.3, -0.25) is 14.4 Å². The van der Waals surface area contributed by atoms with E-state index < -0.39 is 42.0 Å². The summed E-state index contributed by atoms with van der Waals surface area (Å²) < 4.78 is 0. The topological polar surface area (TPSA) is 201 Å². The van der Waals surface area contributed by atoms with Crippen molar-refractivity contribution in [2.75, 3.05) is 6.54 Å². The Bertz CT molecular complexity index is 1600. The van der Waals surface area contributed by atoms with E-state index in [1.165, 1.54) is 24.7 Å². The number of aromatic amines is 2. The first-order chi connectivity index (χ1) is 21.3. The quantitative estimate of drug-likeness (QED) is 0.110. The van der Waals surface area contributed by atoms with Crippen LogP contribution in [-0.2, 0) is 38.4 Å². The summed E-state index contributed by atoms with van der Waals surface area (Å²) in [6, 6.07) is 9.68. The summed E-state index contributed by atoms with van der Waals surface area (Å²) in [7, 11) is 0. The lowest BCUT2D eigenvalue weighted by atomic mass is 10.0. The number of carboxylic acid groups (broad SMARTS) is 1. The van der Waals surface area contributed by atoms with Gasteiger partial charge in [0.25, 0.3) is 0 Å². The molecule has 5 rings (SSSR count). The summed E-state index contributed by atoms with van der Waals surface area (Å²) >= 11 is 0. The number of nitrogens with zero attached hydrogens (tertiary/aromatic N) is 1. The largest absolute Gasteiger partial charge is 0.508 e. The highest BCUT2D eigenvalue weighted by Gasteiger charge is 2.32. The predicted octanol–water partition coefficient (Wildman–Crippen LogP) is 0.916. The minimum absolute atomic E-state index is 0.00105. The molecule has 4 aromatic rings. The fourth-order valence-electron chi connectivity index (χ4n) is 5.35. The van der Waals surface area contributed by atoms with Crippen LogP contribution >= 0.6 is 0 Å². The number of hydrogen-bond acceptors (Lipinski definition) is 7. The molecule has 4 unspecified atom stereocenters. The molecule has 0 bridgehead atoms. The molecule has 13 heteroatoms. The molecule has 8 N–H and O–H groups in total. The zero-order chi connectivity index (χ0) is 31.1. The molecule has 2 aromatic carbocycles. The van der Waals surface area contributed by atoms with Crippen LogP contribution in [0.4, 0.5) is 0 Å². The number of benzene rings is 2. The number of H-pyrrole nitrogens is 2. The van der Waals surface area contributed by atoms with Crippen LogP contribution in [0.2, 0.25) is 0 Å². The summed E-state index contributed by atoms with van der Waals surface area (Å²) in [5, 5.41) is 31.6. The molecule has 0 radical (unpaired) electrons. The maximum atomic E-state index is 13.8. The minimum Gasteiger partial charge on any atom is -0.508 e. The summed E-state index contributed by atoms with van der Waals surface area (Å²) in [5.74, 6) is -2.84. The van der Waals surface area contributed by atoms with Crippen molar-refractivity contribution in [2.45, 2.75) is 56.3 Å². The third-order valence-corrected chi connectivity index (χ3v) is 7.71. The van der Waals surface area contributed by atoms with E-state index in [1.807, 2.05) is 24.3 Å². The normalized spacial score (nSPS) is 16.6. The van der Waals surface area contributed by atoms with Crippen LogP contribution in [0.15, 0.2) is 67.3 Å². The van der Waals surface area contributed by atoms with E-state index in [0.29, 0.717) is 24.2 Å². The molecule has 4 atom stereocenters. The van der Waals surface area contributed by atoms with E-state index in [4.69, 9.17) is 0 Å². The van der Waals surface area contributed by atoms with E-state index in [0.717, 1.165) is 22.9 Å². The van der Waals surface area contributed by atoms with Crippen molar-refractivity contribution in [3.63, 3.8) is 0 Å². The van der Waals surface area contributed by atoms with E-state index in [1.54, 1.807) is 18.3 Å². The van der Waals surface area contributed by atoms with Gasteiger partial charge < -0.3 is 41.4 Å². The second kappa shape index (κ2) is 13.9. The lowest BCUT2D eigenvalue weighted by Gasteiger charge is -2.25. The van der Waals surface area contributed by atoms with Crippen molar-refractivity contribution in [3.05, 3.63) is 84.1 Å². The molecule has 1 saturated heterocycles. The van der Waals surface area contributed by atoms with Crippen LogP contribution in [0.3, 0.4) is 0 Å². The summed E-state index contributed by atoms with van der Waals surface area (Å²) in [6.45, 7) is 0.707. The fraction of sp³-hybridized carbons (Fsp3) is 0.323. The van der Waals surface area contributed by atoms with Gasteiger partial charge in [-0.15, -0.1) is 0 Å². The number of phenolic OH excluding ortho intramolecular Hbond substituents is 1. The Balaban J connectivity index is 1.36. The van der Waals surface area contributed by atoms with Crippen LogP contribution in [0.5, 0.6) is 5.75 Å². The molecule has 1 aliphatic rings. The summed E-state index contributed by atoms with van der Waals surface area (Å²) in [4.78, 5) is 62.6. The Labute approximate surface area is 252 Å². The number of imidazole rings is 1. The second-order valence-electron chi connectivity index (χ2n) is 10.9. The number of fused-ring (bicyclic) bond motifs is 1. The molecule has 44 heavy (non-hydrogen) atoms. The molecule has 0 aliphatic carbocycles. The molecule has 230 valence electrons. The molecule has 3 amide bonds. The number of amides is 3. The third kappa shape index (κ3) is 7.61. The number of para-hydroxylation sites is 1. The molecule has 2 aromatic heterocycles. The number of carbonyl (C=O) groups excluding carboxylic acids is 3. The van der Waals surface area contributed by atoms with Gasteiger partial charge in [0.05, 0.1) is 12.4 Å².